The van der Waals surface area contributed by atoms with Crippen molar-refractivity contribution in [1.82, 2.24) is 0 Å². The Kier molecular flexibility index (Phi) is 5.08. The van der Waals surface area contributed by atoms with E-state index in [1.807, 2.05) is 6.92 Å². The number of hydrogen-bond donors (Lipinski definition) is 2. The zero-order valence-corrected chi connectivity index (χ0v) is 9.51. The van der Waals surface area contributed by atoms with E-state index in [4.69, 9.17) is 10.8 Å². The third-order valence-corrected chi connectivity index (χ3v) is 3.58. The van der Waals surface area contributed by atoms with Crippen LogP contribution in [0.15, 0.2) is 29.2 Å². The number of aliphatic hydroxyl groups is 1. The van der Waals surface area contributed by atoms with Crippen LogP contribution in [0.4, 0.5) is 4.39 Å². The summed E-state index contributed by atoms with van der Waals surface area (Å²) in [6, 6.07) is 6.18. The van der Waals surface area contributed by atoms with Gasteiger partial charge in [-0.05, 0) is 30.7 Å². The molecule has 4 heteroatoms. The smallest absolute Gasteiger partial charge is 0.123 e. The topological polar surface area (TPSA) is 46.2 Å². The SMILES string of the molecule is CCC(N)C(CO)Sc1ccc(F)cc1. The summed E-state index contributed by atoms with van der Waals surface area (Å²) in [4.78, 5) is 0.930. The molecule has 0 fully saturated rings. The van der Waals surface area contributed by atoms with E-state index in [1.165, 1.54) is 23.9 Å². The molecule has 0 saturated heterocycles. The van der Waals surface area contributed by atoms with Crippen molar-refractivity contribution >= 4 is 11.8 Å². The van der Waals surface area contributed by atoms with Gasteiger partial charge in [-0.2, -0.15) is 0 Å². The first-order valence-corrected chi connectivity index (χ1v) is 5.84. The Bertz CT molecular complexity index is 291. The highest BCUT2D eigenvalue weighted by Gasteiger charge is 2.16. The van der Waals surface area contributed by atoms with Crippen molar-refractivity contribution < 1.29 is 9.50 Å². The maximum absolute atomic E-state index is 12.6. The van der Waals surface area contributed by atoms with Crippen LogP contribution in [0.5, 0.6) is 0 Å². The van der Waals surface area contributed by atoms with Gasteiger partial charge in [0.15, 0.2) is 0 Å². The van der Waals surface area contributed by atoms with Crippen LogP contribution in [0.2, 0.25) is 0 Å². The summed E-state index contributed by atoms with van der Waals surface area (Å²) in [5, 5.41) is 9.14. The van der Waals surface area contributed by atoms with Crippen LogP contribution >= 0.6 is 11.8 Å². The average Bonchev–Trinajstić information content (AvgIpc) is 2.27. The summed E-state index contributed by atoms with van der Waals surface area (Å²) < 4.78 is 12.6. The van der Waals surface area contributed by atoms with Crippen molar-refractivity contribution in [2.75, 3.05) is 6.61 Å². The Morgan fingerprint density at radius 2 is 2.00 bits per heavy atom. The predicted octanol–water partition coefficient (Wildman–Crippen LogP) is 2.02. The van der Waals surface area contributed by atoms with E-state index in [0.29, 0.717) is 0 Å². The maximum atomic E-state index is 12.6. The van der Waals surface area contributed by atoms with E-state index < -0.39 is 0 Å². The van der Waals surface area contributed by atoms with Crippen molar-refractivity contribution in [3.05, 3.63) is 30.1 Å². The molecule has 15 heavy (non-hydrogen) atoms. The van der Waals surface area contributed by atoms with Crippen LogP contribution in [0, 0.1) is 5.82 Å². The average molecular weight is 229 g/mol. The monoisotopic (exact) mass is 229 g/mol. The second-order valence-electron chi connectivity index (χ2n) is 3.36. The summed E-state index contributed by atoms with van der Waals surface area (Å²) in [5.74, 6) is -0.250. The minimum Gasteiger partial charge on any atom is -0.395 e. The molecule has 0 spiro atoms. The van der Waals surface area contributed by atoms with Gasteiger partial charge in [-0.25, -0.2) is 4.39 Å². The summed E-state index contributed by atoms with van der Waals surface area (Å²) >= 11 is 1.49. The molecule has 1 aromatic carbocycles. The standard InChI is InChI=1S/C11H16FNOS/c1-2-10(13)11(7-14)15-9-5-3-8(12)4-6-9/h3-6,10-11,14H,2,7,13H2,1H3. The molecule has 0 radical (unpaired) electrons. The first-order valence-electron chi connectivity index (χ1n) is 4.96. The highest BCUT2D eigenvalue weighted by Crippen LogP contribution is 2.25. The number of halogens is 1. The van der Waals surface area contributed by atoms with E-state index in [-0.39, 0.29) is 23.7 Å². The van der Waals surface area contributed by atoms with Crippen LogP contribution in [-0.2, 0) is 0 Å². The maximum Gasteiger partial charge on any atom is 0.123 e. The fraction of sp³-hybridized carbons (Fsp3) is 0.455. The minimum atomic E-state index is -0.250. The van der Waals surface area contributed by atoms with Gasteiger partial charge in [0.1, 0.15) is 5.82 Å². The molecular weight excluding hydrogens is 213 g/mol. The molecule has 0 bridgehead atoms. The van der Waals surface area contributed by atoms with Crippen LogP contribution in [-0.4, -0.2) is 23.0 Å². The van der Waals surface area contributed by atoms with Crippen LogP contribution in [0.1, 0.15) is 13.3 Å². The lowest BCUT2D eigenvalue weighted by Gasteiger charge is -2.19. The van der Waals surface area contributed by atoms with Crippen LogP contribution in [0.3, 0.4) is 0 Å². The van der Waals surface area contributed by atoms with Crippen molar-refractivity contribution in [1.29, 1.82) is 0 Å². The molecule has 0 aromatic heterocycles. The lowest BCUT2D eigenvalue weighted by molar-refractivity contribution is 0.281. The fourth-order valence-corrected chi connectivity index (χ4v) is 2.30. The molecule has 0 amide bonds. The molecule has 84 valence electrons. The molecule has 1 rings (SSSR count). The summed E-state index contributed by atoms with van der Waals surface area (Å²) in [7, 11) is 0. The van der Waals surface area contributed by atoms with Crippen LogP contribution in [0.25, 0.3) is 0 Å². The molecule has 0 aliphatic rings. The molecule has 2 unspecified atom stereocenters. The Labute approximate surface area is 93.7 Å². The van der Waals surface area contributed by atoms with Gasteiger partial charge in [0.2, 0.25) is 0 Å². The van der Waals surface area contributed by atoms with E-state index in [2.05, 4.69) is 0 Å². The van der Waals surface area contributed by atoms with Gasteiger partial charge in [-0.1, -0.05) is 6.92 Å². The van der Waals surface area contributed by atoms with Gasteiger partial charge in [0.25, 0.3) is 0 Å². The van der Waals surface area contributed by atoms with Crippen molar-refractivity contribution in [3.63, 3.8) is 0 Å². The number of nitrogens with two attached hydrogens (primary N) is 1. The Morgan fingerprint density at radius 1 is 1.40 bits per heavy atom. The molecule has 2 atom stereocenters. The van der Waals surface area contributed by atoms with Crippen molar-refractivity contribution in [3.8, 4) is 0 Å². The van der Waals surface area contributed by atoms with E-state index >= 15 is 0 Å². The highest BCUT2D eigenvalue weighted by atomic mass is 32.2. The lowest BCUT2D eigenvalue weighted by atomic mass is 10.2. The zero-order chi connectivity index (χ0) is 11.3. The van der Waals surface area contributed by atoms with E-state index in [9.17, 15) is 4.39 Å². The van der Waals surface area contributed by atoms with E-state index in [1.54, 1.807) is 12.1 Å². The summed E-state index contributed by atoms with van der Waals surface area (Å²) in [6.45, 7) is 2.02. The number of thioether (sulfide) groups is 1. The first kappa shape index (κ1) is 12.5. The molecule has 1 aromatic rings. The molecule has 0 aliphatic heterocycles. The minimum absolute atomic E-state index is 0.0274. The van der Waals surface area contributed by atoms with Gasteiger partial charge in [-0.3, -0.25) is 0 Å². The van der Waals surface area contributed by atoms with Gasteiger partial charge in [0.05, 0.1) is 6.61 Å². The highest BCUT2D eigenvalue weighted by molar-refractivity contribution is 8.00. The third kappa shape index (κ3) is 3.81. The lowest BCUT2D eigenvalue weighted by Crippen LogP contribution is -2.34. The summed E-state index contributed by atoms with van der Waals surface area (Å²) in [5.41, 5.74) is 5.85. The molecule has 0 saturated carbocycles. The molecule has 0 aliphatic carbocycles. The number of rotatable bonds is 5. The third-order valence-electron chi connectivity index (χ3n) is 2.23. The Hall–Kier alpha value is -0.580. The quantitative estimate of drug-likeness (QED) is 0.759. The number of aliphatic hydroxyl groups excluding tert-OH is 1. The molecule has 3 N–H and O–H groups in total. The molecule has 0 heterocycles. The van der Waals surface area contributed by atoms with Crippen molar-refractivity contribution in [2.24, 2.45) is 5.73 Å². The second kappa shape index (κ2) is 6.10. The Morgan fingerprint density at radius 3 is 2.47 bits per heavy atom. The van der Waals surface area contributed by atoms with Crippen molar-refractivity contribution in [2.45, 2.75) is 29.5 Å². The van der Waals surface area contributed by atoms with Gasteiger partial charge in [-0.15, -0.1) is 11.8 Å². The fourth-order valence-electron chi connectivity index (χ4n) is 1.21. The number of hydrogen-bond acceptors (Lipinski definition) is 3. The predicted molar refractivity (Wildman–Crippen MR) is 61.4 cm³/mol. The first-order chi connectivity index (χ1) is 7.17. The Balaban J connectivity index is 2.62. The molecule has 2 nitrogen and oxygen atoms in total. The number of benzene rings is 1. The summed E-state index contributed by atoms with van der Waals surface area (Å²) in [6.07, 6.45) is 0.819. The normalized spacial score (nSPS) is 14.9. The van der Waals surface area contributed by atoms with E-state index in [0.717, 1.165) is 11.3 Å². The van der Waals surface area contributed by atoms with Gasteiger partial charge >= 0.3 is 0 Å². The van der Waals surface area contributed by atoms with Crippen LogP contribution < -0.4 is 5.73 Å². The molecular formula is C11H16FNOS. The second-order valence-corrected chi connectivity index (χ2v) is 4.68. The largest absolute Gasteiger partial charge is 0.395 e. The van der Waals surface area contributed by atoms with Gasteiger partial charge < -0.3 is 10.8 Å². The zero-order valence-electron chi connectivity index (χ0n) is 8.69. The van der Waals surface area contributed by atoms with Gasteiger partial charge in [0, 0.05) is 16.2 Å².